The van der Waals surface area contributed by atoms with Crippen molar-refractivity contribution < 1.29 is 14.7 Å². The van der Waals surface area contributed by atoms with E-state index in [9.17, 15) is 14.7 Å². The predicted octanol–water partition coefficient (Wildman–Crippen LogP) is 2.72. The number of carbonyl (C=O) groups excluding carboxylic acids is 1. The van der Waals surface area contributed by atoms with Gasteiger partial charge in [-0.2, -0.15) is 0 Å². The number of amides is 1. The van der Waals surface area contributed by atoms with Crippen molar-refractivity contribution in [3.8, 4) is 0 Å². The van der Waals surface area contributed by atoms with Crippen molar-refractivity contribution in [1.29, 1.82) is 0 Å². The zero-order valence-electron chi connectivity index (χ0n) is 11.8. The molecule has 2 unspecified atom stereocenters. The smallest absolute Gasteiger partial charge is 0.308 e. The van der Waals surface area contributed by atoms with E-state index in [-0.39, 0.29) is 11.8 Å². The monoisotopic (exact) mass is 267 g/mol. The zero-order chi connectivity index (χ0) is 13.9. The predicted molar refractivity (Wildman–Crippen MR) is 72.7 cm³/mol. The van der Waals surface area contributed by atoms with Gasteiger partial charge in [0.1, 0.15) is 0 Å². The number of rotatable bonds is 3. The number of hydrogen-bond donors (Lipinski definition) is 2. The van der Waals surface area contributed by atoms with Crippen LogP contribution in [0.5, 0.6) is 0 Å². The summed E-state index contributed by atoms with van der Waals surface area (Å²) in [5, 5.41) is 12.4. The molecule has 0 heterocycles. The number of carbonyl (C=O) groups is 2. The van der Waals surface area contributed by atoms with Crippen molar-refractivity contribution in [3.05, 3.63) is 0 Å². The molecule has 2 atom stereocenters. The van der Waals surface area contributed by atoms with Gasteiger partial charge in [-0.25, -0.2) is 0 Å². The fourth-order valence-corrected chi connectivity index (χ4v) is 3.63. The maximum atomic E-state index is 12.3. The van der Waals surface area contributed by atoms with Crippen molar-refractivity contribution in [1.82, 2.24) is 5.32 Å². The molecule has 0 aromatic heterocycles. The molecule has 2 N–H and O–H groups in total. The van der Waals surface area contributed by atoms with Gasteiger partial charge in [-0.3, -0.25) is 9.59 Å². The molecule has 108 valence electrons. The summed E-state index contributed by atoms with van der Waals surface area (Å²) in [7, 11) is 0. The number of carboxylic acid groups (broad SMARTS) is 1. The van der Waals surface area contributed by atoms with Crippen LogP contribution >= 0.6 is 0 Å². The summed E-state index contributed by atoms with van der Waals surface area (Å²) in [4.78, 5) is 23.7. The van der Waals surface area contributed by atoms with Crippen molar-refractivity contribution in [2.24, 2.45) is 11.8 Å². The van der Waals surface area contributed by atoms with Crippen molar-refractivity contribution in [2.75, 3.05) is 0 Å². The van der Waals surface area contributed by atoms with E-state index in [1.54, 1.807) is 0 Å². The third-order valence-electron chi connectivity index (χ3n) is 4.89. The quantitative estimate of drug-likeness (QED) is 0.826. The van der Waals surface area contributed by atoms with Crippen LogP contribution in [0, 0.1) is 11.8 Å². The topological polar surface area (TPSA) is 66.4 Å². The van der Waals surface area contributed by atoms with Gasteiger partial charge in [0, 0.05) is 5.92 Å². The minimum absolute atomic E-state index is 0.0790. The number of nitrogens with one attached hydrogen (secondary N) is 1. The summed E-state index contributed by atoms with van der Waals surface area (Å²) in [5.74, 6) is -1.03. The van der Waals surface area contributed by atoms with E-state index in [1.807, 2.05) is 6.92 Å². The van der Waals surface area contributed by atoms with Gasteiger partial charge in [0.25, 0.3) is 0 Å². The van der Waals surface area contributed by atoms with Gasteiger partial charge in [-0.15, -0.1) is 0 Å². The Morgan fingerprint density at radius 2 is 1.68 bits per heavy atom. The summed E-state index contributed by atoms with van der Waals surface area (Å²) >= 11 is 0. The molecule has 4 nitrogen and oxygen atoms in total. The second kappa shape index (κ2) is 5.93. The van der Waals surface area contributed by atoms with E-state index < -0.39 is 17.4 Å². The molecule has 2 aliphatic carbocycles. The Morgan fingerprint density at radius 1 is 1.05 bits per heavy atom. The Hall–Kier alpha value is -1.06. The second-order valence-corrected chi connectivity index (χ2v) is 6.38. The van der Waals surface area contributed by atoms with Crippen LogP contribution in [0.15, 0.2) is 0 Å². The third kappa shape index (κ3) is 3.28. The van der Waals surface area contributed by atoms with Crippen LogP contribution in [0.2, 0.25) is 0 Å². The fraction of sp³-hybridized carbons (Fsp3) is 0.867. The van der Waals surface area contributed by atoms with Crippen LogP contribution in [0.3, 0.4) is 0 Å². The molecule has 0 aromatic rings. The molecule has 19 heavy (non-hydrogen) atoms. The molecule has 0 bridgehead atoms. The second-order valence-electron chi connectivity index (χ2n) is 6.38. The number of hydrogen-bond acceptors (Lipinski definition) is 2. The molecule has 4 heteroatoms. The zero-order valence-corrected chi connectivity index (χ0v) is 11.8. The minimum atomic E-state index is -0.772. The summed E-state index contributed by atoms with van der Waals surface area (Å²) in [6.45, 7) is 1.91. The average Bonchev–Trinajstić information content (AvgIpc) is 2.39. The minimum Gasteiger partial charge on any atom is -0.481 e. The van der Waals surface area contributed by atoms with E-state index >= 15 is 0 Å². The van der Waals surface area contributed by atoms with Gasteiger partial charge < -0.3 is 10.4 Å². The van der Waals surface area contributed by atoms with Crippen LogP contribution < -0.4 is 5.32 Å². The molecule has 2 aliphatic rings. The molecule has 0 spiro atoms. The van der Waals surface area contributed by atoms with E-state index in [2.05, 4.69) is 5.32 Å². The lowest BCUT2D eigenvalue weighted by atomic mass is 9.73. The highest BCUT2D eigenvalue weighted by Gasteiger charge is 2.42. The molecule has 2 rings (SSSR count). The van der Waals surface area contributed by atoms with E-state index in [0.29, 0.717) is 6.42 Å². The van der Waals surface area contributed by atoms with Crippen LogP contribution in [0.4, 0.5) is 0 Å². The van der Waals surface area contributed by atoms with E-state index in [4.69, 9.17) is 0 Å². The first-order valence-electron chi connectivity index (χ1n) is 7.58. The van der Waals surface area contributed by atoms with Crippen molar-refractivity contribution in [3.63, 3.8) is 0 Å². The highest BCUT2D eigenvalue weighted by Crippen LogP contribution is 2.35. The van der Waals surface area contributed by atoms with Crippen molar-refractivity contribution >= 4 is 11.9 Å². The fourth-order valence-electron chi connectivity index (χ4n) is 3.63. The Labute approximate surface area is 115 Å². The summed E-state index contributed by atoms with van der Waals surface area (Å²) < 4.78 is 0. The van der Waals surface area contributed by atoms with Gasteiger partial charge in [0.15, 0.2) is 0 Å². The summed E-state index contributed by atoms with van der Waals surface area (Å²) in [6, 6.07) is 0. The van der Waals surface area contributed by atoms with Crippen molar-refractivity contribution in [2.45, 2.75) is 70.3 Å². The Bertz CT molecular complexity index is 349. The molecule has 2 fully saturated rings. The highest BCUT2D eigenvalue weighted by atomic mass is 16.4. The molecular formula is C15H25NO3. The van der Waals surface area contributed by atoms with Crippen LogP contribution in [-0.4, -0.2) is 22.5 Å². The lowest BCUT2D eigenvalue weighted by Gasteiger charge is -2.41. The Morgan fingerprint density at radius 3 is 2.32 bits per heavy atom. The molecule has 0 aromatic carbocycles. The molecular weight excluding hydrogens is 242 g/mol. The van der Waals surface area contributed by atoms with Crippen LogP contribution in [0.1, 0.15) is 64.7 Å². The molecule has 0 saturated heterocycles. The SMILES string of the molecule is CC1(NC(=O)C2CCCCC2)CCCCC1C(=O)O. The summed E-state index contributed by atoms with van der Waals surface area (Å²) in [6.07, 6.45) is 8.79. The number of carboxylic acids is 1. The van der Waals surface area contributed by atoms with Crippen LogP contribution in [-0.2, 0) is 9.59 Å². The lowest BCUT2D eigenvalue weighted by molar-refractivity contribution is -0.147. The van der Waals surface area contributed by atoms with E-state index in [0.717, 1.165) is 44.9 Å². The first-order valence-corrected chi connectivity index (χ1v) is 7.58. The van der Waals surface area contributed by atoms with Gasteiger partial charge in [-0.1, -0.05) is 32.1 Å². The Balaban J connectivity index is 2.01. The van der Waals surface area contributed by atoms with Gasteiger partial charge in [0.2, 0.25) is 5.91 Å². The normalized spacial score (nSPS) is 32.8. The summed E-state index contributed by atoms with van der Waals surface area (Å²) in [5.41, 5.74) is -0.557. The van der Waals surface area contributed by atoms with Gasteiger partial charge in [0.05, 0.1) is 11.5 Å². The first-order chi connectivity index (χ1) is 9.03. The average molecular weight is 267 g/mol. The van der Waals surface area contributed by atoms with Gasteiger partial charge in [-0.05, 0) is 32.6 Å². The molecule has 1 amide bonds. The molecule has 2 saturated carbocycles. The van der Waals surface area contributed by atoms with E-state index in [1.165, 1.54) is 6.42 Å². The molecule has 0 aliphatic heterocycles. The first kappa shape index (κ1) is 14.4. The lowest BCUT2D eigenvalue weighted by Crippen LogP contribution is -2.56. The number of aliphatic carboxylic acids is 1. The Kier molecular flexibility index (Phi) is 4.48. The van der Waals surface area contributed by atoms with Gasteiger partial charge >= 0.3 is 5.97 Å². The van der Waals surface area contributed by atoms with Crippen LogP contribution in [0.25, 0.3) is 0 Å². The standard InChI is InChI=1S/C15H25NO3/c1-15(10-6-5-9-12(15)14(18)19)16-13(17)11-7-3-2-4-8-11/h11-12H,2-10H2,1H3,(H,16,17)(H,18,19). The molecule has 0 radical (unpaired) electrons. The largest absolute Gasteiger partial charge is 0.481 e. The maximum absolute atomic E-state index is 12.3. The third-order valence-corrected chi connectivity index (χ3v) is 4.89. The maximum Gasteiger partial charge on any atom is 0.308 e. The highest BCUT2D eigenvalue weighted by molar-refractivity contribution is 5.81.